The van der Waals surface area contributed by atoms with Crippen LogP contribution in [-0.2, 0) is 28.4 Å². The van der Waals surface area contributed by atoms with Crippen LogP contribution in [0, 0.1) is 0 Å². The lowest BCUT2D eigenvalue weighted by atomic mass is 9.98. The number of rotatable bonds is 6. The Kier molecular flexibility index (Phi) is 6.83. The lowest BCUT2D eigenvalue weighted by molar-refractivity contribution is -0.307. The van der Waals surface area contributed by atoms with Crippen molar-refractivity contribution < 1.29 is 38.6 Å². The Morgan fingerprint density at radius 3 is 2.63 bits per heavy atom. The number of ether oxygens (including phenoxy) is 6. The van der Waals surface area contributed by atoms with Gasteiger partial charge in [0.25, 0.3) is 0 Å². The SMILES string of the molecule is COCO[C@@H]1[C@@H]([C@H](O)CO)OC(C)(C)O[C@@H]2COC(c3ccccc3)O[C@@H]12. The van der Waals surface area contributed by atoms with E-state index in [4.69, 9.17) is 28.4 Å². The molecular weight excluding hydrogens is 356 g/mol. The Morgan fingerprint density at radius 1 is 1.22 bits per heavy atom. The summed E-state index contributed by atoms with van der Waals surface area (Å²) in [6.07, 6.45) is -4.43. The molecule has 2 N–H and O–H groups in total. The smallest absolute Gasteiger partial charge is 0.184 e. The van der Waals surface area contributed by atoms with Crippen molar-refractivity contribution in [2.75, 3.05) is 27.1 Å². The van der Waals surface area contributed by atoms with E-state index in [9.17, 15) is 10.2 Å². The first-order valence-corrected chi connectivity index (χ1v) is 9.02. The first-order chi connectivity index (χ1) is 12.9. The van der Waals surface area contributed by atoms with Gasteiger partial charge in [-0.05, 0) is 13.8 Å². The summed E-state index contributed by atoms with van der Waals surface area (Å²) < 4.78 is 34.9. The first-order valence-electron chi connectivity index (χ1n) is 9.02. The topological polar surface area (TPSA) is 95.8 Å². The zero-order valence-electron chi connectivity index (χ0n) is 15.8. The van der Waals surface area contributed by atoms with Crippen LogP contribution in [0.15, 0.2) is 30.3 Å². The molecule has 0 aliphatic carbocycles. The molecule has 8 nitrogen and oxygen atoms in total. The maximum absolute atomic E-state index is 10.3. The average molecular weight is 384 g/mol. The predicted molar refractivity (Wildman–Crippen MR) is 93.7 cm³/mol. The molecule has 152 valence electrons. The van der Waals surface area contributed by atoms with Crippen LogP contribution in [0.4, 0.5) is 0 Å². The third-order valence-electron chi connectivity index (χ3n) is 4.58. The number of methoxy groups -OCH3 is 1. The van der Waals surface area contributed by atoms with E-state index in [-0.39, 0.29) is 13.4 Å². The minimum atomic E-state index is -1.17. The van der Waals surface area contributed by atoms with Gasteiger partial charge in [-0.15, -0.1) is 0 Å². The van der Waals surface area contributed by atoms with Crippen LogP contribution in [0.3, 0.4) is 0 Å². The molecule has 8 heteroatoms. The van der Waals surface area contributed by atoms with Crippen molar-refractivity contribution in [3.8, 4) is 0 Å². The van der Waals surface area contributed by atoms with E-state index in [2.05, 4.69) is 0 Å². The van der Waals surface area contributed by atoms with Crippen LogP contribution in [0.25, 0.3) is 0 Å². The van der Waals surface area contributed by atoms with Crippen LogP contribution in [0.2, 0.25) is 0 Å². The number of aliphatic hydroxyl groups is 2. The first kappa shape index (κ1) is 20.6. The second-order valence-electron chi connectivity index (χ2n) is 7.10. The molecular formula is C19H28O8. The summed E-state index contributed by atoms with van der Waals surface area (Å²) in [5.41, 5.74) is 0.866. The van der Waals surface area contributed by atoms with Gasteiger partial charge in [0.1, 0.15) is 37.3 Å². The summed E-state index contributed by atoms with van der Waals surface area (Å²) in [4.78, 5) is 0. The van der Waals surface area contributed by atoms with Gasteiger partial charge < -0.3 is 38.6 Å². The van der Waals surface area contributed by atoms with Crippen molar-refractivity contribution in [2.24, 2.45) is 0 Å². The molecule has 1 aromatic rings. The van der Waals surface area contributed by atoms with Crippen molar-refractivity contribution in [3.63, 3.8) is 0 Å². The molecule has 2 aliphatic rings. The van der Waals surface area contributed by atoms with E-state index in [0.717, 1.165) is 5.56 Å². The molecule has 0 aromatic heterocycles. The van der Waals surface area contributed by atoms with E-state index in [0.29, 0.717) is 0 Å². The van der Waals surface area contributed by atoms with Gasteiger partial charge in [-0.25, -0.2) is 0 Å². The highest BCUT2D eigenvalue weighted by molar-refractivity contribution is 5.16. The maximum Gasteiger partial charge on any atom is 0.184 e. The van der Waals surface area contributed by atoms with Crippen LogP contribution >= 0.6 is 0 Å². The summed E-state index contributed by atoms with van der Waals surface area (Å²) in [5, 5.41) is 19.8. The molecule has 0 radical (unpaired) electrons. The highest BCUT2D eigenvalue weighted by Gasteiger charge is 2.51. The fourth-order valence-electron chi connectivity index (χ4n) is 3.43. The minimum absolute atomic E-state index is 0.0213. The Balaban J connectivity index is 1.89. The summed E-state index contributed by atoms with van der Waals surface area (Å²) in [7, 11) is 1.50. The fraction of sp³-hybridized carbons (Fsp3) is 0.684. The van der Waals surface area contributed by atoms with E-state index in [1.165, 1.54) is 7.11 Å². The van der Waals surface area contributed by atoms with Crippen LogP contribution < -0.4 is 0 Å². The quantitative estimate of drug-likeness (QED) is 0.701. The molecule has 0 amide bonds. The lowest BCUT2D eigenvalue weighted by Gasteiger charge is -2.40. The van der Waals surface area contributed by atoms with E-state index in [1.54, 1.807) is 13.8 Å². The highest BCUT2D eigenvalue weighted by atomic mass is 16.8. The summed E-state index contributed by atoms with van der Waals surface area (Å²) >= 11 is 0. The zero-order chi connectivity index (χ0) is 19.4. The van der Waals surface area contributed by atoms with Gasteiger partial charge in [-0.3, -0.25) is 0 Å². The second kappa shape index (κ2) is 8.93. The Morgan fingerprint density at radius 2 is 1.96 bits per heavy atom. The Hall–Kier alpha value is -1.10. The summed E-state index contributed by atoms with van der Waals surface area (Å²) in [6.45, 7) is 3.24. The number of hydrogen-bond donors (Lipinski definition) is 2. The Bertz CT molecular complexity index is 580. The monoisotopic (exact) mass is 384 g/mol. The van der Waals surface area contributed by atoms with Crippen LogP contribution in [0.5, 0.6) is 0 Å². The normalized spacial score (nSPS) is 34.5. The largest absolute Gasteiger partial charge is 0.394 e. The van der Waals surface area contributed by atoms with Crippen molar-refractivity contribution in [2.45, 2.75) is 56.4 Å². The standard InChI is InChI=1S/C19H28O8/c1-19(2)26-14-10-23-18(12-7-5-4-6-8-12)25-16(14)17(24-11-22-3)15(27-19)13(21)9-20/h4-8,13-18,20-21H,9-11H2,1-3H3/t13-,14-,15-,16-,17-,18?/m1/s1. The highest BCUT2D eigenvalue weighted by Crippen LogP contribution is 2.37. The molecule has 0 saturated carbocycles. The molecule has 2 heterocycles. The minimum Gasteiger partial charge on any atom is -0.394 e. The summed E-state index contributed by atoms with van der Waals surface area (Å²) in [5.74, 6) is -1.03. The predicted octanol–water partition coefficient (Wildman–Crippen LogP) is 0.963. The molecule has 1 unspecified atom stereocenters. The van der Waals surface area contributed by atoms with Crippen molar-refractivity contribution in [3.05, 3.63) is 35.9 Å². The van der Waals surface area contributed by atoms with E-state index < -0.39 is 49.2 Å². The summed E-state index contributed by atoms with van der Waals surface area (Å²) in [6, 6.07) is 9.54. The average Bonchev–Trinajstić information content (AvgIpc) is 2.78. The Labute approximate surface area is 158 Å². The zero-order valence-corrected chi connectivity index (χ0v) is 15.8. The fourth-order valence-corrected chi connectivity index (χ4v) is 3.43. The molecule has 6 atom stereocenters. The van der Waals surface area contributed by atoms with E-state index >= 15 is 0 Å². The lowest BCUT2D eigenvalue weighted by Crippen LogP contribution is -2.55. The van der Waals surface area contributed by atoms with Gasteiger partial charge in [0, 0.05) is 12.7 Å². The van der Waals surface area contributed by atoms with Gasteiger partial charge in [0.2, 0.25) is 0 Å². The van der Waals surface area contributed by atoms with E-state index in [1.807, 2.05) is 30.3 Å². The van der Waals surface area contributed by atoms with Crippen LogP contribution in [-0.4, -0.2) is 73.6 Å². The van der Waals surface area contributed by atoms with Crippen molar-refractivity contribution in [1.82, 2.24) is 0 Å². The maximum atomic E-state index is 10.3. The number of fused-ring (bicyclic) bond motifs is 1. The third-order valence-corrected chi connectivity index (χ3v) is 4.58. The van der Waals surface area contributed by atoms with Gasteiger partial charge in [-0.1, -0.05) is 30.3 Å². The number of hydrogen-bond acceptors (Lipinski definition) is 8. The molecule has 27 heavy (non-hydrogen) atoms. The van der Waals surface area contributed by atoms with Gasteiger partial charge >= 0.3 is 0 Å². The van der Waals surface area contributed by atoms with Crippen molar-refractivity contribution >= 4 is 0 Å². The molecule has 1 aromatic carbocycles. The number of aliphatic hydroxyl groups excluding tert-OH is 2. The molecule has 0 spiro atoms. The second-order valence-corrected chi connectivity index (χ2v) is 7.10. The molecule has 2 aliphatic heterocycles. The molecule has 0 bridgehead atoms. The molecule has 2 fully saturated rings. The van der Waals surface area contributed by atoms with Gasteiger partial charge in [0.05, 0.1) is 13.2 Å². The van der Waals surface area contributed by atoms with Crippen molar-refractivity contribution in [1.29, 1.82) is 0 Å². The van der Waals surface area contributed by atoms with Gasteiger partial charge in [-0.2, -0.15) is 0 Å². The molecule has 3 rings (SSSR count). The molecule has 2 saturated heterocycles. The number of benzene rings is 1. The van der Waals surface area contributed by atoms with Crippen LogP contribution in [0.1, 0.15) is 25.7 Å². The van der Waals surface area contributed by atoms with Gasteiger partial charge in [0.15, 0.2) is 12.1 Å². The third kappa shape index (κ3) is 4.85.